The Hall–Kier alpha value is -3.25. The number of nitrogens with two attached hydrogens (primary N) is 1. The van der Waals surface area contributed by atoms with E-state index in [9.17, 15) is 0 Å². The van der Waals surface area contributed by atoms with Gasteiger partial charge in [0.1, 0.15) is 18.2 Å². The van der Waals surface area contributed by atoms with E-state index < -0.39 is 0 Å². The predicted molar refractivity (Wildman–Crippen MR) is 110 cm³/mol. The number of amidine groups is 1. The van der Waals surface area contributed by atoms with Gasteiger partial charge in [-0.05, 0) is 35.9 Å². The fraction of sp³-hybridized carbons (Fsp3) is 0.143. The van der Waals surface area contributed by atoms with Gasteiger partial charge in [-0.3, -0.25) is 4.98 Å². The zero-order valence-corrected chi connectivity index (χ0v) is 16.3. The second-order valence-corrected chi connectivity index (χ2v) is 6.20. The quantitative estimate of drug-likeness (QED) is 0.473. The lowest BCUT2D eigenvalue weighted by molar-refractivity contribution is 0.299. The number of nitrogens with zero attached hydrogens (tertiary/aromatic N) is 2. The maximum atomic E-state index is 6.29. The van der Waals surface area contributed by atoms with Gasteiger partial charge in [0.25, 0.3) is 0 Å². The molecule has 6 nitrogen and oxygen atoms in total. The van der Waals surface area contributed by atoms with E-state index in [4.69, 9.17) is 31.5 Å². The molecule has 2 aromatic carbocycles. The number of para-hydroxylation sites is 1. The molecular formula is C21H20ClN3O3. The molecule has 0 unspecified atom stereocenters. The van der Waals surface area contributed by atoms with Crippen molar-refractivity contribution in [2.24, 2.45) is 10.7 Å². The zero-order chi connectivity index (χ0) is 19.9. The molecule has 1 heterocycles. The molecule has 3 aromatic rings. The molecule has 0 radical (unpaired) electrons. The Morgan fingerprint density at radius 1 is 1.00 bits per heavy atom. The van der Waals surface area contributed by atoms with Crippen LogP contribution in [-0.2, 0) is 6.61 Å². The average molecular weight is 398 g/mol. The molecule has 0 aliphatic rings. The molecule has 0 aliphatic heterocycles. The van der Waals surface area contributed by atoms with Crippen LogP contribution in [0.5, 0.6) is 17.2 Å². The molecule has 1 aromatic heterocycles. The Bertz CT molecular complexity index is 978. The number of hydrogen-bond acceptors (Lipinski definition) is 5. The van der Waals surface area contributed by atoms with Gasteiger partial charge < -0.3 is 19.9 Å². The van der Waals surface area contributed by atoms with Crippen LogP contribution in [-0.4, -0.2) is 25.0 Å². The molecule has 7 heteroatoms. The summed E-state index contributed by atoms with van der Waals surface area (Å²) in [6.07, 6.45) is 3.42. The maximum Gasteiger partial charge on any atom is 0.164 e. The molecule has 0 saturated heterocycles. The van der Waals surface area contributed by atoms with Gasteiger partial charge in [-0.15, -0.1) is 0 Å². The van der Waals surface area contributed by atoms with Crippen LogP contribution < -0.4 is 19.9 Å². The van der Waals surface area contributed by atoms with E-state index >= 15 is 0 Å². The van der Waals surface area contributed by atoms with E-state index in [1.54, 1.807) is 50.9 Å². The number of ether oxygens (including phenoxy) is 3. The first-order chi connectivity index (χ1) is 13.6. The lowest BCUT2D eigenvalue weighted by Crippen LogP contribution is -2.15. The van der Waals surface area contributed by atoms with E-state index in [1.807, 2.05) is 24.3 Å². The summed E-state index contributed by atoms with van der Waals surface area (Å²) in [4.78, 5) is 8.46. The fourth-order valence-electron chi connectivity index (χ4n) is 2.55. The number of rotatable bonds is 7. The number of hydrogen-bond donors (Lipinski definition) is 1. The Morgan fingerprint density at radius 3 is 2.36 bits per heavy atom. The number of benzene rings is 2. The molecule has 0 saturated carbocycles. The van der Waals surface area contributed by atoms with Gasteiger partial charge in [0, 0.05) is 18.5 Å². The highest BCUT2D eigenvalue weighted by Gasteiger charge is 2.16. The second-order valence-electron chi connectivity index (χ2n) is 5.80. The molecular weight excluding hydrogens is 378 g/mol. The standard InChI is InChI=1S/C21H20ClN3O3/c1-26-19-11-15(21(23)25-17-6-4-3-5-16(17)22)18(12-20(19)27-2)28-13-14-7-9-24-10-8-14/h3-12H,13H2,1-2H3,(H2,23,25). The lowest BCUT2D eigenvalue weighted by atomic mass is 10.1. The summed E-state index contributed by atoms with van der Waals surface area (Å²) in [5.74, 6) is 1.81. The van der Waals surface area contributed by atoms with E-state index in [1.165, 1.54) is 0 Å². The van der Waals surface area contributed by atoms with Crippen LogP contribution in [0, 0.1) is 0 Å². The number of pyridine rings is 1. The highest BCUT2D eigenvalue weighted by atomic mass is 35.5. The number of halogens is 1. The maximum absolute atomic E-state index is 6.29. The van der Waals surface area contributed by atoms with Crippen LogP contribution in [0.3, 0.4) is 0 Å². The number of methoxy groups -OCH3 is 2. The minimum absolute atomic E-state index is 0.249. The van der Waals surface area contributed by atoms with Gasteiger partial charge in [0.15, 0.2) is 11.5 Å². The van der Waals surface area contributed by atoms with Gasteiger partial charge >= 0.3 is 0 Å². The first-order valence-corrected chi connectivity index (χ1v) is 8.87. The molecule has 28 heavy (non-hydrogen) atoms. The Kier molecular flexibility index (Phi) is 6.34. The smallest absolute Gasteiger partial charge is 0.164 e. The molecule has 2 N–H and O–H groups in total. The van der Waals surface area contributed by atoms with E-state index in [-0.39, 0.29) is 5.84 Å². The van der Waals surface area contributed by atoms with Crippen molar-refractivity contribution in [1.29, 1.82) is 0 Å². The number of aliphatic imine (C=N–C) groups is 1. The summed E-state index contributed by atoms with van der Waals surface area (Å²) in [5, 5.41) is 0.505. The molecule has 0 bridgehead atoms. The summed E-state index contributed by atoms with van der Waals surface area (Å²) in [7, 11) is 3.12. The average Bonchev–Trinajstić information content (AvgIpc) is 2.73. The first kappa shape index (κ1) is 19.5. The fourth-order valence-corrected chi connectivity index (χ4v) is 2.73. The van der Waals surface area contributed by atoms with Crippen molar-refractivity contribution in [3.8, 4) is 17.2 Å². The second kappa shape index (κ2) is 9.10. The summed E-state index contributed by atoms with van der Waals surface area (Å²) >= 11 is 6.20. The van der Waals surface area contributed by atoms with E-state index in [2.05, 4.69) is 9.98 Å². The van der Waals surface area contributed by atoms with Crippen molar-refractivity contribution < 1.29 is 14.2 Å². The van der Waals surface area contributed by atoms with Crippen LogP contribution in [0.2, 0.25) is 5.02 Å². The van der Waals surface area contributed by atoms with E-state index in [0.717, 1.165) is 5.56 Å². The lowest BCUT2D eigenvalue weighted by Gasteiger charge is -2.16. The van der Waals surface area contributed by atoms with Crippen LogP contribution in [0.1, 0.15) is 11.1 Å². The Morgan fingerprint density at radius 2 is 1.68 bits per heavy atom. The summed E-state index contributed by atoms with van der Waals surface area (Å²) in [5.41, 5.74) is 8.40. The monoisotopic (exact) mass is 397 g/mol. The third-order valence-electron chi connectivity index (χ3n) is 4.00. The van der Waals surface area contributed by atoms with E-state index in [0.29, 0.717) is 40.1 Å². The van der Waals surface area contributed by atoms with Crippen molar-refractivity contribution in [2.45, 2.75) is 6.61 Å². The van der Waals surface area contributed by atoms with Crippen LogP contribution in [0.15, 0.2) is 65.9 Å². The molecule has 0 fully saturated rings. The molecule has 144 valence electrons. The van der Waals surface area contributed by atoms with Crippen LogP contribution in [0.25, 0.3) is 0 Å². The molecule has 3 rings (SSSR count). The van der Waals surface area contributed by atoms with Gasteiger partial charge in [0.2, 0.25) is 0 Å². The highest BCUT2D eigenvalue weighted by Crippen LogP contribution is 2.36. The third-order valence-corrected chi connectivity index (χ3v) is 4.32. The van der Waals surface area contributed by atoms with Crippen molar-refractivity contribution in [3.63, 3.8) is 0 Å². The first-order valence-electron chi connectivity index (χ1n) is 8.49. The van der Waals surface area contributed by atoms with Gasteiger partial charge in [-0.25, -0.2) is 4.99 Å². The highest BCUT2D eigenvalue weighted by molar-refractivity contribution is 6.33. The van der Waals surface area contributed by atoms with Crippen molar-refractivity contribution in [1.82, 2.24) is 4.98 Å². The van der Waals surface area contributed by atoms with Gasteiger partial charge in [-0.2, -0.15) is 0 Å². The molecule has 0 aliphatic carbocycles. The normalized spacial score (nSPS) is 11.2. The van der Waals surface area contributed by atoms with Crippen LogP contribution >= 0.6 is 11.6 Å². The van der Waals surface area contributed by atoms with Gasteiger partial charge in [-0.1, -0.05) is 23.7 Å². The van der Waals surface area contributed by atoms with Crippen molar-refractivity contribution >= 4 is 23.1 Å². The van der Waals surface area contributed by atoms with Crippen LogP contribution in [0.4, 0.5) is 5.69 Å². The summed E-state index contributed by atoms with van der Waals surface area (Å²) < 4.78 is 16.8. The third kappa shape index (κ3) is 4.53. The van der Waals surface area contributed by atoms with Crippen molar-refractivity contribution in [3.05, 3.63) is 77.1 Å². The topological polar surface area (TPSA) is 79.0 Å². The zero-order valence-electron chi connectivity index (χ0n) is 15.6. The van der Waals surface area contributed by atoms with Gasteiger partial charge in [0.05, 0.1) is 30.5 Å². The Balaban J connectivity index is 2.00. The minimum Gasteiger partial charge on any atom is -0.493 e. The largest absolute Gasteiger partial charge is 0.493 e. The Labute approximate surface area is 168 Å². The summed E-state index contributed by atoms with van der Waals surface area (Å²) in [6, 6.07) is 14.4. The van der Waals surface area contributed by atoms with Crippen molar-refractivity contribution in [2.75, 3.05) is 14.2 Å². The molecule has 0 atom stereocenters. The SMILES string of the molecule is COc1cc(OCc2ccncc2)c(C(N)=Nc2ccccc2Cl)cc1OC. The minimum atomic E-state index is 0.249. The molecule has 0 spiro atoms. The predicted octanol–water partition coefficient (Wildman–Crippen LogP) is 4.37. The number of aromatic nitrogens is 1. The summed E-state index contributed by atoms with van der Waals surface area (Å²) in [6.45, 7) is 0.338. The molecule has 0 amide bonds.